The largest absolute Gasteiger partial charge is 0.393 e. The highest BCUT2D eigenvalue weighted by Crippen LogP contribution is 2.44. The van der Waals surface area contributed by atoms with Crippen molar-refractivity contribution in [3.8, 4) is 0 Å². The van der Waals surface area contributed by atoms with Crippen LogP contribution in [-0.4, -0.2) is 275 Å². The number of amides is 12. The molecule has 8 fully saturated rings. The summed E-state index contributed by atoms with van der Waals surface area (Å²) in [4.78, 5) is 192. The Kier molecular flexibility index (Phi) is 28.4. The van der Waals surface area contributed by atoms with Crippen LogP contribution in [0.5, 0.6) is 0 Å². The highest BCUT2D eigenvalue weighted by Gasteiger charge is 2.54. The van der Waals surface area contributed by atoms with Crippen LogP contribution in [0.4, 0.5) is 13.2 Å². The molecule has 0 aromatic rings. The molecule has 3 N–H and O–H groups in total. The van der Waals surface area contributed by atoms with Gasteiger partial charge >= 0.3 is 6.18 Å². The number of nitrogens with zero attached hydrogens (tertiary/aromatic N) is 9. The first-order chi connectivity index (χ1) is 48.2. The molecular weight excluding hydrogens is 1350 g/mol. The second kappa shape index (κ2) is 35.6. The fraction of sp³-hybridized carbons (Fsp3) is 0.836. The standard InChI is InChI=1S/C73H116ClF3N12O13/c1-12-45(4)62-69(99)83(7)40-60(92)81(5)41-61(93)85(9)56(37-46-21-15-13-16-22-46)67(97)82(6)39-58(90)78-53(31-27-47-26-30-51(52(74)36-47)73(75,76)77)66(96)88-34-19-25-54(88)65(95)80-72(32-20-33-72)71(101)87(11)63(48-23-17-14-18-24-48)70(100)86(10)57(68(98)89-49-28-29-50(89)43-102-42-49)38-59(91)84(8)55(35-44(2)3)64(94)79-62/h44-57,62-63H,12-43H2,1-11H3,(H,78,90)(H,79,94)(H,80,95)/t45-,47?,49?,50?,51?,52?,53-,54-,55-,56-,57-,62-,63-/m0/s1. The van der Waals surface area contributed by atoms with Crippen LogP contribution in [0.25, 0.3) is 0 Å². The van der Waals surface area contributed by atoms with Crippen LogP contribution in [0, 0.1) is 35.5 Å². The number of rotatable bonds is 11. The molecule has 12 amide bonds. The summed E-state index contributed by atoms with van der Waals surface area (Å²) in [5, 5.41) is 7.58. The van der Waals surface area contributed by atoms with Gasteiger partial charge in [0.25, 0.3) is 0 Å². The third-order valence-corrected chi connectivity index (χ3v) is 24.5. The zero-order valence-electron chi connectivity index (χ0n) is 62.2. The molecule has 4 aliphatic carbocycles. The molecule has 4 aliphatic heterocycles. The molecular formula is C73H116ClF3N12O13. The first kappa shape index (κ1) is 81.4. The van der Waals surface area contributed by atoms with Crippen molar-refractivity contribution < 1.29 is 75.4 Å². The summed E-state index contributed by atoms with van der Waals surface area (Å²) >= 11 is 6.41. The van der Waals surface area contributed by atoms with Crippen molar-refractivity contribution in [3.63, 3.8) is 0 Å². The van der Waals surface area contributed by atoms with E-state index in [1.165, 1.54) is 73.8 Å². The van der Waals surface area contributed by atoms with Crippen molar-refractivity contribution in [2.75, 3.05) is 88.7 Å². The van der Waals surface area contributed by atoms with Crippen molar-refractivity contribution in [2.45, 2.75) is 266 Å². The third-order valence-electron chi connectivity index (χ3n) is 24.0. The third kappa shape index (κ3) is 19.4. The van der Waals surface area contributed by atoms with E-state index in [-0.39, 0.29) is 114 Å². The molecule has 574 valence electrons. The number of ether oxygens (including phenoxy) is 1. The van der Waals surface area contributed by atoms with Crippen LogP contribution in [0.15, 0.2) is 0 Å². The number of halogens is 4. The van der Waals surface area contributed by atoms with Gasteiger partial charge in [0.1, 0.15) is 47.8 Å². The van der Waals surface area contributed by atoms with E-state index in [4.69, 9.17) is 16.3 Å². The Morgan fingerprint density at radius 3 is 1.80 bits per heavy atom. The SMILES string of the molecule is CC[C@H](C)[C@@H]1NC(=O)[C@H](CC(C)C)N(C)C(=O)C[C@@H](C(=O)N2C3CCC2COC3)N(C)C(=O)[C@H](C2CCCCC2)N(C)C(=O)C2(CCC2)NC(=O)[C@@H]2CCCN2C(=O)[C@H](CCC2CCC(C(F)(F)F)C(Cl)C2)NC(=O)CN(C)C(=O)[C@H](CC2CCCCC2)N(C)C(=O)CN(C)C(=O)CN(C)C1=O. The van der Waals surface area contributed by atoms with Gasteiger partial charge in [-0.25, -0.2) is 0 Å². The lowest BCUT2D eigenvalue weighted by Crippen LogP contribution is -2.68. The van der Waals surface area contributed by atoms with E-state index in [1.807, 2.05) is 20.8 Å². The zero-order valence-corrected chi connectivity index (χ0v) is 63.0. The van der Waals surface area contributed by atoms with Crippen LogP contribution >= 0.6 is 11.6 Å². The molecule has 0 radical (unpaired) electrons. The van der Waals surface area contributed by atoms with Gasteiger partial charge < -0.3 is 64.8 Å². The second-order valence-corrected chi connectivity index (χ2v) is 32.2. The first-order valence-corrected chi connectivity index (χ1v) is 38.2. The van der Waals surface area contributed by atoms with E-state index in [0.717, 1.165) is 66.1 Å². The van der Waals surface area contributed by atoms with Crippen molar-refractivity contribution >= 4 is 82.5 Å². The van der Waals surface area contributed by atoms with Crippen molar-refractivity contribution in [1.82, 2.24) is 60.0 Å². The Morgan fingerprint density at radius 1 is 0.608 bits per heavy atom. The minimum Gasteiger partial charge on any atom is -0.377 e. The van der Waals surface area contributed by atoms with E-state index in [1.54, 1.807) is 11.8 Å². The maximum atomic E-state index is 15.9. The smallest absolute Gasteiger partial charge is 0.377 e. The molecule has 1 spiro atoms. The molecule has 2 bridgehead atoms. The number of carbonyl (C=O) groups excluding carboxylic acids is 12. The van der Waals surface area contributed by atoms with E-state index < -0.39 is 174 Å². The second-order valence-electron chi connectivity index (χ2n) is 31.7. The van der Waals surface area contributed by atoms with Gasteiger partial charge in [0.05, 0.1) is 57.3 Å². The van der Waals surface area contributed by atoms with Gasteiger partial charge in [0.15, 0.2) is 0 Å². The molecule has 25 nitrogen and oxygen atoms in total. The van der Waals surface area contributed by atoms with Crippen LogP contribution in [-0.2, 0) is 62.3 Å². The number of hydrogen-bond acceptors (Lipinski definition) is 13. The summed E-state index contributed by atoms with van der Waals surface area (Å²) < 4.78 is 47.9. The van der Waals surface area contributed by atoms with Crippen LogP contribution < -0.4 is 16.0 Å². The number of fused-ring (bicyclic) bond motifs is 3. The van der Waals surface area contributed by atoms with Crippen molar-refractivity contribution in [3.05, 3.63) is 0 Å². The molecule has 29 heteroatoms. The summed E-state index contributed by atoms with van der Waals surface area (Å²) in [5.74, 6) is -10.6. The highest BCUT2D eigenvalue weighted by molar-refractivity contribution is 6.21. The Labute approximate surface area is 605 Å². The van der Waals surface area contributed by atoms with E-state index >= 15 is 28.8 Å². The predicted molar refractivity (Wildman–Crippen MR) is 374 cm³/mol. The lowest BCUT2D eigenvalue weighted by molar-refractivity contribution is -0.182. The molecule has 8 aliphatic rings. The summed E-state index contributed by atoms with van der Waals surface area (Å²) in [6, 6.07) is -9.29. The maximum absolute atomic E-state index is 15.9. The van der Waals surface area contributed by atoms with Gasteiger partial charge in [0, 0.05) is 61.3 Å². The molecule has 0 aromatic heterocycles. The average molecular weight is 1460 g/mol. The Morgan fingerprint density at radius 2 is 1.22 bits per heavy atom. The minimum absolute atomic E-state index is 0.000186. The molecule has 8 rings (SSSR count). The molecule has 4 saturated heterocycles. The van der Waals surface area contributed by atoms with Crippen molar-refractivity contribution in [1.29, 1.82) is 0 Å². The Hall–Kier alpha value is -6.32. The van der Waals surface area contributed by atoms with Crippen LogP contribution in [0.2, 0.25) is 0 Å². The van der Waals surface area contributed by atoms with E-state index in [0.29, 0.717) is 44.9 Å². The number of hydrogen-bond donors (Lipinski definition) is 3. The van der Waals surface area contributed by atoms with Gasteiger partial charge in [-0.15, -0.1) is 11.6 Å². The van der Waals surface area contributed by atoms with Gasteiger partial charge in [-0.05, 0) is 132 Å². The number of alkyl halides is 4. The van der Waals surface area contributed by atoms with Gasteiger partial charge in [0.2, 0.25) is 70.9 Å². The lowest BCUT2D eigenvalue weighted by Gasteiger charge is -2.47. The maximum Gasteiger partial charge on any atom is 0.393 e. The number of morpholine rings is 1. The van der Waals surface area contributed by atoms with Crippen molar-refractivity contribution in [2.24, 2.45) is 35.5 Å². The van der Waals surface area contributed by atoms with Gasteiger partial charge in [-0.3, -0.25) is 57.5 Å². The Balaban J connectivity index is 1.16. The highest BCUT2D eigenvalue weighted by atomic mass is 35.5. The summed E-state index contributed by atoms with van der Waals surface area (Å²) in [6.45, 7) is 6.29. The fourth-order valence-corrected chi connectivity index (χ4v) is 17.7. The van der Waals surface area contributed by atoms with Crippen LogP contribution in [0.3, 0.4) is 0 Å². The first-order valence-electron chi connectivity index (χ1n) is 37.8. The lowest BCUT2D eigenvalue weighted by atomic mass is 9.74. The average Bonchev–Trinajstić information content (AvgIpc) is 1.05. The summed E-state index contributed by atoms with van der Waals surface area (Å²) in [6.07, 6.45) is 6.27. The zero-order chi connectivity index (χ0) is 74.8. The Bertz CT molecular complexity index is 3010. The quantitative estimate of drug-likeness (QED) is 0.217. The summed E-state index contributed by atoms with van der Waals surface area (Å²) in [5.41, 5.74) is -1.54. The summed E-state index contributed by atoms with van der Waals surface area (Å²) in [7, 11) is 10.1. The monoisotopic (exact) mass is 1460 g/mol. The fourth-order valence-electron chi connectivity index (χ4n) is 17.2. The molecule has 102 heavy (non-hydrogen) atoms. The number of carbonyl (C=O) groups is 12. The molecule has 4 saturated carbocycles. The molecule has 4 heterocycles. The molecule has 13 atom stereocenters. The molecule has 0 aromatic carbocycles. The van der Waals surface area contributed by atoms with E-state index in [2.05, 4.69) is 16.0 Å². The van der Waals surface area contributed by atoms with Gasteiger partial charge in [-0.1, -0.05) is 85.5 Å². The van der Waals surface area contributed by atoms with Gasteiger partial charge in [-0.2, -0.15) is 13.2 Å². The van der Waals surface area contributed by atoms with E-state index in [9.17, 15) is 41.9 Å². The normalized spacial score (nSPS) is 31.5. The molecule has 5 unspecified atom stereocenters. The predicted octanol–water partition coefficient (Wildman–Crippen LogP) is 5.47. The topological polar surface area (TPSA) is 279 Å². The number of likely N-dealkylation sites (N-methyl/N-ethyl adjacent to an activating group) is 7. The minimum atomic E-state index is -4.51. The number of nitrogens with one attached hydrogen (secondary N) is 3. The van der Waals surface area contributed by atoms with Crippen LogP contribution in [0.1, 0.15) is 195 Å².